The first kappa shape index (κ1) is 15.4. The first-order chi connectivity index (χ1) is 9.24. The van der Waals surface area contributed by atoms with Crippen molar-refractivity contribution in [2.75, 3.05) is 20.1 Å². The monoisotopic (exact) mass is 308 g/mol. The number of aromatic hydroxyl groups is 1. The Morgan fingerprint density at radius 2 is 2.10 bits per heavy atom. The fourth-order valence-corrected chi connectivity index (χ4v) is 2.92. The van der Waals surface area contributed by atoms with Gasteiger partial charge >= 0.3 is 6.18 Å². The molecule has 0 bridgehead atoms. The number of nitrogens with zero attached hydrogens (tertiary/aromatic N) is 1. The molecule has 0 radical (unpaired) electrons. The van der Waals surface area contributed by atoms with E-state index in [1.165, 1.54) is 6.07 Å². The van der Waals surface area contributed by atoms with Crippen LogP contribution in [0, 0.1) is 5.92 Å². The van der Waals surface area contributed by atoms with Crippen LogP contribution in [0.3, 0.4) is 0 Å². The molecule has 1 saturated heterocycles. The molecule has 1 aliphatic heterocycles. The molecule has 20 heavy (non-hydrogen) atoms. The van der Waals surface area contributed by atoms with Crippen LogP contribution in [-0.4, -0.2) is 30.1 Å². The van der Waals surface area contributed by atoms with Gasteiger partial charge in [0.05, 0.1) is 10.6 Å². The first-order valence-electron chi connectivity index (χ1n) is 6.24. The standard InChI is InChI=1S/C13H16ClF3N2O/c1-19-6-7(5-18)2-11(19)8-3-9(13(15,16)17)12(20)10(14)4-8/h3-4,7,11,20H,2,5-6,18H2,1H3. The summed E-state index contributed by atoms with van der Waals surface area (Å²) in [4.78, 5) is 1.96. The summed E-state index contributed by atoms with van der Waals surface area (Å²) in [5, 5.41) is 9.20. The van der Waals surface area contributed by atoms with Gasteiger partial charge < -0.3 is 10.8 Å². The smallest absolute Gasteiger partial charge is 0.420 e. The highest BCUT2D eigenvalue weighted by Gasteiger charge is 2.37. The van der Waals surface area contributed by atoms with Gasteiger partial charge in [0.1, 0.15) is 5.75 Å². The number of hydrogen-bond acceptors (Lipinski definition) is 3. The lowest BCUT2D eigenvalue weighted by atomic mass is 9.97. The van der Waals surface area contributed by atoms with Crippen molar-refractivity contribution in [1.29, 1.82) is 0 Å². The van der Waals surface area contributed by atoms with Gasteiger partial charge in [-0.3, -0.25) is 4.90 Å². The highest BCUT2D eigenvalue weighted by molar-refractivity contribution is 6.32. The summed E-state index contributed by atoms with van der Waals surface area (Å²) < 4.78 is 38.7. The van der Waals surface area contributed by atoms with E-state index in [4.69, 9.17) is 17.3 Å². The summed E-state index contributed by atoms with van der Waals surface area (Å²) in [5.74, 6) is -0.661. The normalized spacial score (nSPS) is 24.3. The second kappa shape index (κ2) is 5.42. The Morgan fingerprint density at radius 1 is 1.45 bits per heavy atom. The number of likely N-dealkylation sites (tertiary alicyclic amines) is 1. The van der Waals surface area contributed by atoms with E-state index < -0.39 is 17.5 Å². The molecule has 0 amide bonds. The number of phenols is 1. The number of nitrogens with two attached hydrogens (primary N) is 1. The maximum absolute atomic E-state index is 12.9. The third kappa shape index (κ3) is 2.87. The average molecular weight is 309 g/mol. The van der Waals surface area contributed by atoms with Gasteiger partial charge in [0.2, 0.25) is 0 Å². The van der Waals surface area contributed by atoms with Crippen molar-refractivity contribution in [3.8, 4) is 5.75 Å². The third-order valence-electron chi connectivity index (χ3n) is 3.74. The minimum atomic E-state index is -4.63. The Kier molecular flexibility index (Phi) is 4.18. The maximum Gasteiger partial charge on any atom is 0.420 e. The van der Waals surface area contributed by atoms with Crippen LogP contribution in [0.4, 0.5) is 13.2 Å². The van der Waals surface area contributed by atoms with E-state index in [0.717, 1.165) is 12.6 Å². The maximum atomic E-state index is 12.9. The van der Waals surface area contributed by atoms with Crippen LogP contribution in [-0.2, 0) is 6.18 Å². The molecule has 0 spiro atoms. The van der Waals surface area contributed by atoms with Crippen molar-refractivity contribution >= 4 is 11.6 Å². The van der Waals surface area contributed by atoms with Crippen molar-refractivity contribution in [3.63, 3.8) is 0 Å². The van der Waals surface area contributed by atoms with Crippen molar-refractivity contribution in [1.82, 2.24) is 4.90 Å². The van der Waals surface area contributed by atoms with Gasteiger partial charge in [-0.25, -0.2) is 0 Å². The summed E-state index contributed by atoms with van der Waals surface area (Å²) in [6.45, 7) is 1.24. The van der Waals surface area contributed by atoms with E-state index in [9.17, 15) is 18.3 Å². The molecule has 1 aromatic carbocycles. The topological polar surface area (TPSA) is 49.5 Å². The van der Waals surface area contributed by atoms with Gasteiger partial charge in [0.15, 0.2) is 0 Å². The minimum absolute atomic E-state index is 0.164. The number of hydrogen-bond donors (Lipinski definition) is 2. The highest BCUT2D eigenvalue weighted by Crippen LogP contribution is 2.43. The molecule has 2 rings (SSSR count). The van der Waals surface area contributed by atoms with E-state index in [1.54, 1.807) is 0 Å². The molecule has 0 aliphatic carbocycles. The van der Waals surface area contributed by atoms with Crippen molar-refractivity contribution in [3.05, 3.63) is 28.3 Å². The average Bonchev–Trinajstić information content (AvgIpc) is 2.72. The molecular formula is C13H16ClF3N2O. The zero-order valence-electron chi connectivity index (χ0n) is 10.9. The number of halogens is 4. The SMILES string of the molecule is CN1CC(CN)CC1c1cc(Cl)c(O)c(C(F)(F)F)c1. The number of phenolic OH excluding ortho intramolecular Hbond substituents is 1. The summed E-state index contributed by atoms with van der Waals surface area (Å²) >= 11 is 5.73. The fraction of sp³-hybridized carbons (Fsp3) is 0.538. The lowest BCUT2D eigenvalue weighted by Crippen LogP contribution is -2.21. The quantitative estimate of drug-likeness (QED) is 0.883. The van der Waals surface area contributed by atoms with Crippen LogP contribution in [0.15, 0.2) is 12.1 Å². The van der Waals surface area contributed by atoms with Crippen molar-refractivity contribution in [2.24, 2.45) is 11.7 Å². The van der Waals surface area contributed by atoms with Gasteiger partial charge in [-0.1, -0.05) is 11.6 Å². The largest absolute Gasteiger partial charge is 0.506 e. The fourth-order valence-electron chi connectivity index (χ4n) is 2.69. The third-order valence-corrected chi connectivity index (χ3v) is 4.03. The second-order valence-electron chi connectivity index (χ2n) is 5.19. The Bertz CT molecular complexity index is 507. The summed E-state index contributed by atoms with van der Waals surface area (Å²) in [5.41, 5.74) is 4.98. The summed E-state index contributed by atoms with van der Waals surface area (Å²) in [7, 11) is 1.84. The Morgan fingerprint density at radius 3 is 2.60 bits per heavy atom. The highest BCUT2D eigenvalue weighted by atomic mass is 35.5. The Hall–Kier alpha value is -0.980. The summed E-state index contributed by atoms with van der Waals surface area (Å²) in [6.07, 6.45) is -3.94. The van der Waals surface area contributed by atoms with Crippen LogP contribution in [0.2, 0.25) is 5.02 Å². The van der Waals surface area contributed by atoms with Gasteiger partial charge in [-0.15, -0.1) is 0 Å². The molecule has 1 aliphatic rings. The molecule has 1 fully saturated rings. The van der Waals surface area contributed by atoms with E-state index in [0.29, 0.717) is 18.5 Å². The predicted molar refractivity (Wildman–Crippen MR) is 70.7 cm³/mol. The van der Waals surface area contributed by atoms with E-state index in [-0.39, 0.29) is 17.0 Å². The molecule has 1 aromatic rings. The molecule has 112 valence electrons. The predicted octanol–water partition coefficient (Wildman–Crippen LogP) is 3.02. The minimum Gasteiger partial charge on any atom is -0.506 e. The molecule has 3 N–H and O–H groups in total. The lowest BCUT2D eigenvalue weighted by Gasteiger charge is -2.21. The zero-order chi connectivity index (χ0) is 15.1. The molecular weight excluding hydrogens is 293 g/mol. The first-order valence-corrected chi connectivity index (χ1v) is 6.61. The molecule has 7 heteroatoms. The number of rotatable bonds is 2. The zero-order valence-corrected chi connectivity index (χ0v) is 11.7. The molecule has 1 heterocycles. The van der Waals surface area contributed by atoms with Gasteiger partial charge in [-0.05, 0) is 43.6 Å². The van der Waals surface area contributed by atoms with E-state index >= 15 is 0 Å². The molecule has 0 saturated carbocycles. The van der Waals surface area contributed by atoms with Gasteiger partial charge in [0.25, 0.3) is 0 Å². The molecule has 0 aromatic heterocycles. The molecule has 2 atom stereocenters. The van der Waals surface area contributed by atoms with Crippen molar-refractivity contribution in [2.45, 2.75) is 18.6 Å². The van der Waals surface area contributed by atoms with Crippen LogP contribution < -0.4 is 5.73 Å². The number of alkyl halides is 3. The summed E-state index contributed by atoms with van der Waals surface area (Å²) in [6, 6.07) is 2.20. The Balaban J connectivity index is 2.41. The van der Waals surface area contributed by atoms with Crippen LogP contribution in [0.5, 0.6) is 5.75 Å². The van der Waals surface area contributed by atoms with Crippen molar-refractivity contribution < 1.29 is 18.3 Å². The van der Waals surface area contributed by atoms with E-state index in [1.807, 2.05) is 11.9 Å². The Labute approximate surface area is 120 Å². The van der Waals surface area contributed by atoms with Crippen LogP contribution >= 0.6 is 11.6 Å². The molecule has 2 unspecified atom stereocenters. The van der Waals surface area contributed by atoms with Gasteiger partial charge in [0, 0.05) is 12.6 Å². The van der Waals surface area contributed by atoms with Crippen LogP contribution in [0.1, 0.15) is 23.6 Å². The van der Waals surface area contributed by atoms with Gasteiger partial charge in [-0.2, -0.15) is 13.2 Å². The lowest BCUT2D eigenvalue weighted by molar-refractivity contribution is -0.138. The second-order valence-corrected chi connectivity index (χ2v) is 5.60. The number of benzene rings is 1. The van der Waals surface area contributed by atoms with Crippen LogP contribution in [0.25, 0.3) is 0 Å². The van der Waals surface area contributed by atoms with E-state index in [2.05, 4.69) is 0 Å². The molecule has 3 nitrogen and oxygen atoms in total.